The van der Waals surface area contributed by atoms with Crippen LogP contribution in [0.2, 0.25) is 0 Å². The lowest BCUT2D eigenvalue weighted by Gasteiger charge is -2.53. The fourth-order valence-electron chi connectivity index (χ4n) is 0.386. The summed E-state index contributed by atoms with van der Waals surface area (Å²) in [4.78, 5) is 0. The minimum atomic E-state index is -1.68. The molecule has 0 aromatic heterocycles. The molecular weight excluding hydrogens is 703 g/mol. The van der Waals surface area contributed by atoms with Gasteiger partial charge in [-0.2, -0.15) is 0 Å². The predicted molar refractivity (Wildman–Crippen MR) is 92.8 cm³/mol. The van der Waals surface area contributed by atoms with E-state index in [1.165, 1.54) is 12.2 Å². The molecule has 0 rings (SSSR count). The largest absolute Gasteiger partial charge is 0.0666 e. The lowest BCUT2D eigenvalue weighted by atomic mass is 10.6. The lowest BCUT2D eigenvalue weighted by molar-refractivity contribution is 1.11. The summed E-state index contributed by atoms with van der Waals surface area (Å²) in [7, 11) is 0. The summed E-state index contributed by atoms with van der Waals surface area (Å²) >= 11 is 13.0. The first-order chi connectivity index (χ1) is 3.54. The summed E-state index contributed by atoms with van der Waals surface area (Å²) in [6, 6.07) is 0. The van der Waals surface area contributed by atoms with Gasteiger partial charge >= 0.3 is 0 Å². The Bertz CT molecular complexity index is 106. The number of rotatable bonds is 2. The van der Waals surface area contributed by atoms with Gasteiger partial charge in [-0.25, -0.2) is 0 Å². The van der Waals surface area contributed by atoms with Gasteiger partial charge in [0.2, 0.25) is 0 Å². The van der Waals surface area contributed by atoms with Crippen molar-refractivity contribution in [2.24, 2.45) is 0 Å². The van der Waals surface area contributed by atoms with E-state index in [1.54, 1.807) is 0 Å². The summed E-state index contributed by atoms with van der Waals surface area (Å²) in [5.74, 6) is 1.32. The molecule has 0 saturated carbocycles. The maximum absolute atomic E-state index is 2.61. The van der Waals surface area contributed by atoms with Crippen LogP contribution in [0.5, 0.6) is 0 Å². The molecule has 6 heteroatoms. The predicted octanol–water partition coefficient (Wildman–Crippen LogP) is 6.02. The molecule has 60 valence electrons. The maximum Gasteiger partial charge on any atom is 0.00275 e. The van der Waals surface area contributed by atoms with Gasteiger partial charge in [-0.1, -0.05) is 1.07 Å². The Morgan fingerprint density at radius 3 is 1.33 bits per heavy atom. The molecule has 0 aliphatic carbocycles. The molecule has 0 aliphatic rings. The van der Waals surface area contributed by atoms with E-state index in [-0.39, 0.29) is 0 Å². The van der Waals surface area contributed by atoms with E-state index in [9.17, 15) is 0 Å². The number of halogens is 5. The van der Waals surface area contributed by atoms with Crippen LogP contribution < -0.4 is 0 Å². The average molecular weight is 710 g/mol. The van der Waals surface area contributed by atoms with E-state index in [4.69, 9.17) is 0 Å². The molecule has 0 bridgehead atoms. The van der Waals surface area contributed by atoms with E-state index in [2.05, 4.69) is 113 Å². The quantitative estimate of drug-likeness (QED) is 0.308. The van der Waals surface area contributed by atoms with Gasteiger partial charge in [0, 0.05) is 5.75 Å². The Hall–Kier alpha value is 4.00. The Labute approximate surface area is 116 Å². The standard InChI is InChI=1S/C3H7I5S/c1-2-3-9(4,5,6,7)8/h2-3H2,1H3. The van der Waals surface area contributed by atoms with E-state index in [0.29, 0.717) is 0 Å². The van der Waals surface area contributed by atoms with Crippen LogP contribution in [0.3, 0.4) is 0 Å². The second-order valence-corrected chi connectivity index (χ2v) is 90.8. The number of hydrogen-bond acceptors (Lipinski definition) is 0. The van der Waals surface area contributed by atoms with Gasteiger partial charge in [-0.3, -0.25) is 0 Å². The van der Waals surface area contributed by atoms with E-state index >= 15 is 0 Å². The van der Waals surface area contributed by atoms with Crippen molar-refractivity contribution < 1.29 is 0 Å². The summed E-state index contributed by atoms with van der Waals surface area (Å²) in [6.45, 7) is 2.24. The molecule has 0 aromatic rings. The monoisotopic (exact) mass is 710 g/mol. The third kappa shape index (κ3) is 12.0. The second kappa shape index (κ2) is 3.29. The Kier molecular flexibility index (Phi) is 4.76. The van der Waals surface area contributed by atoms with E-state index in [1.807, 2.05) is 0 Å². The molecule has 0 aromatic carbocycles. The van der Waals surface area contributed by atoms with Crippen molar-refractivity contribution in [1.29, 1.82) is 0 Å². The van der Waals surface area contributed by atoms with Gasteiger partial charge in [-0.15, -0.1) is 0 Å². The topological polar surface area (TPSA) is 0 Å². The van der Waals surface area contributed by atoms with Crippen LogP contribution in [0.4, 0.5) is 0 Å². The highest BCUT2D eigenvalue weighted by atomic mass is 127. The molecule has 0 heterocycles. The lowest BCUT2D eigenvalue weighted by Crippen LogP contribution is -1.97. The van der Waals surface area contributed by atoms with Gasteiger partial charge in [0.25, 0.3) is 0 Å². The third-order valence-electron chi connectivity index (χ3n) is 0.590. The fraction of sp³-hybridized carbons (Fsp3) is 1.00. The summed E-state index contributed by atoms with van der Waals surface area (Å²) < 4.78 is -1.68. The molecule has 0 N–H and O–H groups in total. The molecule has 0 unspecified atom stereocenters. The summed E-state index contributed by atoms with van der Waals surface area (Å²) in [5, 5.41) is 0. The minimum absolute atomic E-state index is 1.28. The first kappa shape index (κ1) is 13.0. The molecule has 0 nitrogen and oxygen atoms in total. The van der Waals surface area contributed by atoms with Crippen molar-refractivity contribution in [2.45, 2.75) is 13.3 Å². The van der Waals surface area contributed by atoms with Crippen molar-refractivity contribution in [1.82, 2.24) is 0 Å². The molecule has 0 saturated heterocycles. The SMILES string of the molecule is CCCS(I)(I)(I)(I)I. The highest BCUT2D eigenvalue weighted by molar-refractivity contribution is 14.7. The van der Waals surface area contributed by atoms with E-state index < -0.39 is -5.85 Å². The van der Waals surface area contributed by atoms with Gasteiger partial charge in [-0.05, 0) is 112 Å². The molecule has 0 amide bonds. The molecule has 0 fully saturated rings. The van der Waals surface area contributed by atoms with Gasteiger partial charge in [0.05, 0.1) is 0 Å². The van der Waals surface area contributed by atoms with Crippen molar-refractivity contribution >= 4 is 100 Å². The van der Waals surface area contributed by atoms with Crippen molar-refractivity contribution in [3.63, 3.8) is 0 Å². The maximum atomic E-state index is 2.61. The van der Waals surface area contributed by atoms with Crippen LogP contribution in [0.1, 0.15) is 13.3 Å². The Morgan fingerprint density at radius 1 is 1.00 bits per heavy atom. The molecule has 0 radical (unpaired) electrons. The molecular formula is C3H7I5S. The average Bonchev–Trinajstić information content (AvgIpc) is 1.22. The summed E-state index contributed by atoms with van der Waals surface area (Å²) in [6.07, 6.45) is 1.28. The Balaban J connectivity index is 4.34. The van der Waals surface area contributed by atoms with Gasteiger partial charge < -0.3 is 0 Å². The minimum Gasteiger partial charge on any atom is -0.0666 e. The highest BCUT2D eigenvalue weighted by Gasteiger charge is 2.47. The van der Waals surface area contributed by atoms with Crippen LogP contribution in [0.15, 0.2) is 0 Å². The van der Waals surface area contributed by atoms with E-state index in [0.717, 1.165) is 0 Å². The van der Waals surface area contributed by atoms with Crippen molar-refractivity contribution in [3.8, 4) is 0 Å². The van der Waals surface area contributed by atoms with Crippen LogP contribution in [0.25, 0.3) is 0 Å². The van der Waals surface area contributed by atoms with Crippen molar-refractivity contribution in [2.75, 3.05) is 5.75 Å². The van der Waals surface area contributed by atoms with Crippen LogP contribution in [-0.4, -0.2) is 5.75 Å². The smallest absolute Gasteiger partial charge is 0.00275 e. The van der Waals surface area contributed by atoms with Crippen LogP contribution >= 0.6 is 100 Å². The molecule has 0 aliphatic heterocycles. The first-order valence-corrected chi connectivity index (χ1v) is 17.6. The van der Waals surface area contributed by atoms with Gasteiger partial charge in [0.1, 0.15) is 0 Å². The zero-order chi connectivity index (χ0) is 7.82. The van der Waals surface area contributed by atoms with Gasteiger partial charge in [0.15, 0.2) is 0 Å². The molecule has 0 spiro atoms. The van der Waals surface area contributed by atoms with Crippen LogP contribution in [-0.2, 0) is 0 Å². The van der Waals surface area contributed by atoms with Crippen molar-refractivity contribution in [3.05, 3.63) is 0 Å². The zero-order valence-corrected chi connectivity index (χ0v) is 16.3. The zero-order valence-electron chi connectivity index (χ0n) is 4.71. The first-order valence-electron chi connectivity index (χ1n) is 2.27. The van der Waals surface area contributed by atoms with Crippen LogP contribution in [0, 0.1) is 0 Å². The fourth-order valence-corrected chi connectivity index (χ4v) is 7.76. The second-order valence-electron chi connectivity index (χ2n) is 1.83. The number of hydrogen-bond donors (Lipinski definition) is 0. The third-order valence-corrected chi connectivity index (χ3v) is 8.38. The summed E-state index contributed by atoms with van der Waals surface area (Å²) in [5.41, 5.74) is 0. The molecule has 0 atom stereocenters. The Morgan fingerprint density at radius 2 is 1.33 bits per heavy atom. The highest BCUT2D eigenvalue weighted by Crippen LogP contribution is 3.17. The normalized spacial score (nSPS) is 20.7. The molecule has 9 heavy (non-hydrogen) atoms.